The number of nitrogens with one attached hydrogen (secondary N) is 1. The number of rotatable bonds is 6. The van der Waals surface area contributed by atoms with Gasteiger partial charge in [0.15, 0.2) is 5.78 Å². The normalized spacial score (nSPS) is 21.2. The first kappa shape index (κ1) is 19.5. The zero-order valence-electron chi connectivity index (χ0n) is 15.3. The number of ketones is 1. The van der Waals surface area contributed by atoms with Crippen LogP contribution in [0.3, 0.4) is 0 Å². The maximum Gasteiger partial charge on any atom is 0.259 e. The molecule has 0 aromatic heterocycles. The molecule has 5 heteroatoms. The summed E-state index contributed by atoms with van der Waals surface area (Å²) in [4.78, 5) is 24.7. The molecule has 0 aliphatic carbocycles. The predicted octanol–water partition coefficient (Wildman–Crippen LogP) is 3.36. The van der Waals surface area contributed by atoms with Crippen molar-refractivity contribution >= 4 is 11.7 Å². The molecule has 1 amide bonds. The first-order chi connectivity index (χ1) is 12.3. The van der Waals surface area contributed by atoms with Crippen LogP contribution in [0.15, 0.2) is 59.4 Å². The molecule has 2 unspecified atom stereocenters. The van der Waals surface area contributed by atoms with Crippen LogP contribution in [0, 0.1) is 5.92 Å². The van der Waals surface area contributed by atoms with Crippen LogP contribution in [0.4, 0.5) is 0 Å². The highest BCUT2D eigenvalue weighted by Crippen LogP contribution is 2.22. The maximum absolute atomic E-state index is 12.6. The number of hydrogen-bond acceptors (Lipinski definition) is 4. The third kappa shape index (κ3) is 4.63. The Balaban J connectivity index is 2.18. The molecule has 1 fully saturated rings. The highest BCUT2D eigenvalue weighted by atomic mass is 16.3. The van der Waals surface area contributed by atoms with Gasteiger partial charge in [-0.3, -0.25) is 9.59 Å². The molecule has 5 nitrogen and oxygen atoms in total. The topological polar surface area (TPSA) is 86.6 Å². The fraction of sp³-hybridized carbons (Fsp3) is 0.333. The van der Waals surface area contributed by atoms with Gasteiger partial charge >= 0.3 is 0 Å². The molecule has 138 valence electrons. The van der Waals surface area contributed by atoms with E-state index >= 15 is 0 Å². The largest absolute Gasteiger partial charge is 0.508 e. The smallest absolute Gasteiger partial charge is 0.259 e. The summed E-state index contributed by atoms with van der Waals surface area (Å²) in [7, 11) is 0. The van der Waals surface area contributed by atoms with Crippen molar-refractivity contribution in [3.05, 3.63) is 65.0 Å². The van der Waals surface area contributed by atoms with E-state index in [2.05, 4.69) is 19.2 Å². The van der Waals surface area contributed by atoms with E-state index in [0.29, 0.717) is 17.9 Å². The molecule has 1 aromatic rings. The van der Waals surface area contributed by atoms with E-state index in [1.54, 1.807) is 25.1 Å². The van der Waals surface area contributed by atoms with Gasteiger partial charge in [-0.1, -0.05) is 50.6 Å². The van der Waals surface area contributed by atoms with E-state index in [0.717, 1.165) is 12.0 Å². The Hall–Kier alpha value is -2.82. The number of Topliss-reactive ketones (excluding diaryl/α,β-unsaturated/α-hetero) is 1. The monoisotopic (exact) mass is 355 g/mol. The van der Waals surface area contributed by atoms with E-state index in [1.165, 1.54) is 12.1 Å². The van der Waals surface area contributed by atoms with Crippen molar-refractivity contribution in [3.8, 4) is 5.75 Å². The van der Waals surface area contributed by atoms with E-state index < -0.39 is 17.7 Å². The number of carbonyl (C=O) groups excluding carboxylic acids is 2. The molecule has 0 bridgehead atoms. The first-order valence-corrected chi connectivity index (χ1v) is 8.75. The van der Waals surface area contributed by atoms with Crippen LogP contribution in [-0.4, -0.2) is 27.9 Å². The summed E-state index contributed by atoms with van der Waals surface area (Å²) < 4.78 is 0. The molecule has 2 atom stereocenters. The molecule has 1 aliphatic rings. The summed E-state index contributed by atoms with van der Waals surface area (Å²) >= 11 is 0. The summed E-state index contributed by atoms with van der Waals surface area (Å²) in [6.45, 7) is 5.83. The second kappa shape index (κ2) is 8.52. The van der Waals surface area contributed by atoms with Crippen molar-refractivity contribution in [2.24, 2.45) is 5.92 Å². The number of aliphatic hydroxyl groups excluding tert-OH is 1. The van der Waals surface area contributed by atoms with Crippen LogP contribution in [0.1, 0.15) is 32.8 Å². The van der Waals surface area contributed by atoms with Crippen LogP contribution in [0.2, 0.25) is 0 Å². The molecule has 1 aliphatic heterocycles. The second-order valence-electron chi connectivity index (χ2n) is 6.60. The zero-order chi connectivity index (χ0) is 19.3. The third-order valence-electron chi connectivity index (χ3n) is 4.51. The highest BCUT2D eigenvalue weighted by molar-refractivity contribution is 6.27. The van der Waals surface area contributed by atoms with Crippen LogP contribution < -0.4 is 5.32 Å². The van der Waals surface area contributed by atoms with Crippen LogP contribution in [-0.2, 0) is 16.0 Å². The number of benzene rings is 1. The van der Waals surface area contributed by atoms with Crippen molar-refractivity contribution in [3.63, 3.8) is 0 Å². The minimum absolute atomic E-state index is 0.139. The fourth-order valence-corrected chi connectivity index (χ4v) is 2.62. The van der Waals surface area contributed by atoms with Gasteiger partial charge in [-0.2, -0.15) is 0 Å². The summed E-state index contributed by atoms with van der Waals surface area (Å²) in [5.41, 5.74) is 1.08. The number of aromatic hydroxyl groups is 1. The fourth-order valence-electron chi connectivity index (χ4n) is 2.62. The Morgan fingerprint density at radius 3 is 2.54 bits per heavy atom. The molecule has 2 rings (SSSR count). The average molecular weight is 355 g/mol. The lowest BCUT2D eigenvalue weighted by Crippen LogP contribution is -2.31. The van der Waals surface area contributed by atoms with Crippen molar-refractivity contribution < 1.29 is 19.8 Å². The van der Waals surface area contributed by atoms with Gasteiger partial charge in [-0.15, -0.1) is 0 Å². The number of allylic oxidation sites excluding steroid dienone is 4. The van der Waals surface area contributed by atoms with Crippen LogP contribution >= 0.6 is 0 Å². The Labute approximate surface area is 153 Å². The maximum atomic E-state index is 12.6. The average Bonchev–Trinajstić information content (AvgIpc) is 2.89. The lowest BCUT2D eigenvalue weighted by molar-refractivity contribution is -0.117. The summed E-state index contributed by atoms with van der Waals surface area (Å²) in [5, 5.41) is 22.3. The highest BCUT2D eigenvalue weighted by Gasteiger charge is 2.38. The standard InChI is InChI=1S/C21H25NO4/c1-4-13(2)6-5-7-14(3)19(24)18-20(25)17(22-21(18)26)12-15-8-10-16(23)11-9-15/h5-11,13,17,23-24H,4,12H2,1-3H3,(H,22,26). The van der Waals surface area contributed by atoms with Gasteiger partial charge in [0.2, 0.25) is 0 Å². The molecule has 1 heterocycles. The number of amides is 1. The number of aliphatic hydroxyl groups is 1. The lowest BCUT2D eigenvalue weighted by atomic mass is 9.99. The molecule has 1 aromatic carbocycles. The Morgan fingerprint density at radius 2 is 1.92 bits per heavy atom. The van der Waals surface area contributed by atoms with Crippen molar-refractivity contribution in [2.45, 2.75) is 39.7 Å². The van der Waals surface area contributed by atoms with Gasteiger partial charge in [-0.05, 0) is 36.1 Å². The summed E-state index contributed by atoms with van der Waals surface area (Å²) in [6.07, 6.45) is 6.84. The minimum atomic E-state index is -0.715. The summed E-state index contributed by atoms with van der Waals surface area (Å²) in [5.74, 6) is -0.705. The molecule has 3 N–H and O–H groups in total. The predicted molar refractivity (Wildman–Crippen MR) is 101 cm³/mol. The molecular weight excluding hydrogens is 330 g/mol. The van der Waals surface area contributed by atoms with Crippen LogP contribution in [0.25, 0.3) is 0 Å². The Kier molecular flexibility index (Phi) is 6.39. The number of hydrogen-bond donors (Lipinski definition) is 3. The van der Waals surface area contributed by atoms with E-state index in [1.807, 2.05) is 12.2 Å². The van der Waals surface area contributed by atoms with Gasteiger partial charge < -0.3 is 15.5 Å². The quantitative estimate of drug-likeness (QED) is 0.316. The number of phenolic OH excluding ortho intramolecular Hbond substituents is 1. The molecule has 1 saturated heterocycles. The Bertz CT molecular complexity index is 772. The molecule has 0 saturated carbocycles. The SMILES string of the molecule is CCC(C)C=CC=C(C)C(O)=C1C(=O)NC(Cc2ccc(O)cc2)C1=O. The van der Waals surface area contributed by atoms with Gasteiger partial charge in [0.25, 0.3) is 5.91 Å². The van der Waals surface area contributed by atoms with Crippen molar-refractivity contribution in [1.29, 1.82) is 0 Å². The molecule has 0 radical (unpaired) electrons. The van der Waals surface area contributed by atoms with Gasteiger partial charge in [0, 0.05) is 6.42 Å². The van der Waals surface area contributed by atoms with E-state index in [9.17, 15) is 19.8 Å². The zero-order valence-corrected chi connectivity index (χ0v) is 15.3. The summed E-state index contributed by atoms with van der Waals surface area (Å²) in [6, 6.07) is 5.73. The molecular formula is C21H25NO4. The lowest BCUT2D eigenvalue weighted by Gasteiger charge is -2.08. The van der Waals surface area contributed by atoms with Crippen molar-refractivity contribution in [1.82, 2.24) is 5.32 Å². The second-order valence-corrected chi connectivity index (χ2v) is 6.60. The van der Waals surface area contributed by atoms with Crippen molar-refractivity contribution in [2.75, 3.05) is 0 Å². The van der Waals surface area contributed by atoms with Crippen LogP contribution in [0.5, 0.6) is 5.75 Å². The van der Waals surface area contributed by atoms with E-state index in [4.69, 9.17) is 0 Å². The Morgan fingerprint density at radius 1 is 1.27 bits per heavy atom. The molecule has 0 spiro atoms. The minimum Gasteiger partial charge on any atom is -0.508 e. The van der Waals surface area contributed by atoms with E-state index in [-0.39, 0.29) is 17.1 Å². The van der Waals surface area contributed by atoms with Gasteiger partial charge in [-0.25, -0.2) is 0 Å². The number of carbonyl (C=O) groups is 2. The van der Waals surface area contributed by atoms with Gasteiger partial charge in [0.1, 0.15) is 17.1 Å². The molecule has 26 heavy (non-hydrogen) atoms. The third-order valence-corrected chi connectivity index (χ3v) is 4.51. The number of phenols is 1. The first-order valence-electron chi connectivity index (χ1n) is 8.75. The van der Waals surface area contributed by atoms with Gasteiger partial charge in [0.05, 0.1) is 6.04 Å².